The van der Waals surface area contributed by atoms with Gasteiger partial charge in [0, 0.05) is 17.5 Å². The Balaban J connectivity index is 2.72. The molecule has 0 aliphatic heterocycles. The summed E-state index contributed by atoms with van der Waals surface area (Å²) in [5.41, 5.74) is 9.43. The summed E-state index contributed by atoms with van der Waals surface area (Å²) in [4.78, 5) is 4.91. The van der Waals surface area contributed by atoms with Gasteiger partial charge in [-0.25, -0.2) is 4.98 Å². The third-order valence-corrected chi connectivity index (χ3v) is 4.52. The maximum Gasteiger partial charge on any atom is 0.117 e. The molecule has 0 aliphatic carbocycles. The number of aromatic nitrogens is 2. The molecular weight excluding hydrogens is 246 g/mol. The predicted octanol–water partition coefficient (Wildman–Crippen LogP) is 3.77. The standard InChI is InChI=1S/C17H27N3/c1-7-10-20-14-9-8-12(2)11-13(14)19-15(20)16(3,4)17(5,6)18/h8-9,11H,7,10,18H2,1-6H3. The van der Waals surface area contributed by atoms with E-state index in [4.69, 9.17) is 10.7 Å². The highest BCUT2D eigenvalue weighted by Gasteiger charge is 2.39. The van der Waals surface area contributed by atoms with Crippen LogP contribution in [0.1, 0.15) is 52.4 Å². The minimum absolute atomic E-state index is 0.185. The molecule has 110 valence electrons. The zero-order valence-corrected chi connectivity index (χ0v) is 13.6. The molecule has 0 aliphatic rings. The number of aryl methyl sites for hydroxylation is 2. The van der Waals surface area contributed by atoms with Gasteiger partial charge in [0.05, 0.1) is 11.0 Å². The molecular formula is C17H27N3. The Bertz CT molecular complexity index is 615. The van der Waals surface area contributed by atoms with Crippen LogP contribution >= 0.6 is 0 Å². The monoisotopic (exact) mass is 273 g/mol. The summed E-state index contributed by atoms with van der Waals surface area (Å²) in [7, 11) is 0. The Labute approximate surface area is 122 Å². The van der Waals surface area contributed by atoms with Gasteiger partial charge in [-0.1, -0.05) is 26.8 Å². The molecule has 1 heterocycles. The third-order valence-electron chi connectivity index (χ3n) is 4.52. The van der Waals surface area contributed by atoms with Crippen molar-refractivity contribution in [2.75, 3.05) is 0 Å². The highest BCUT2D eigenvalue weighted by Crippen LogP contribution is 2.34. The number of nitrogens with two attached hydrogens (primary N) is 1. The van der Waals surface area contributed by atoms with E-state index in [0.29, 0.717) is 0 Å². The maximum atomic E-state index is 6.41. The highest BCUT2D eigenvalue weighted by atomic mass is 15.1. The van der Waals surface area contributed by atoms with E-state index in [0.717, 1.165) is 24.3 Å². The number of benzene rings is 1. The molecule has 2 rings (SSSR count). The molecule has 20 heavy (non-hydrogen) atoms. The quantitative estimate of drug-likeness (QED) is 0.921. The lowest BCUT2D eigenvalue weighted by atomic mass is 9.74. The van der Waals surface area contributed by atoms with E-state index in [2.05, 4.69) is 64.3 Å². The SMILES string of the molecule is CCCn1c(C(C)(C)C(C)(C)N)nc2cc(C)ccc21. The first-order valence-electron chi connectivity index (χ1n) is 7.44. The molecule has 2 aromatic rings. The van der Waals surface area contributed by atoms with E-state index < -0.39 is 0 Å². The second-order valence-corrected chi connectivity index (χ2v) is 6.93. The number of nitrogens with zero attached hydrogens (tertiary/aromatic N) is 2. The summed E-state index contributed by atoms with van der Waals surface area (Å²) in [6.07, 6.45) is 1.09. The Morgan fingerprint density at radius 2 is 1.85 bits per heavy atom. The maximum absolute atomic E-state index is 6.41. The van der Waals surface area contributed by atoms with Crippen LogP contribution in [0.5, 0.6) is 0 Å². The molecule has 0 unspecified atom stereocenters. The summed E-state index contributed by atoms with van der Waals surface area (Å²) in [5.74, 6) is 1.09. The van der Waals surface area contributed by atoms with Crippen molar-refractivity contribution >= 4 is 11.0 Å². The minimum atomic E-state index is -0.324. The molecule has 0 fully saturated rings. The first-order valence-corrected chi connectivity index (χ1v) is 7.44. The normalized spacial score (nSPS) is 13.2. The molecule has 2 N–H and O–H groups in total. The molecule has 1 aromatic carbocycles. The van der Waals surface area contributed by atoms with Crippen molar-refractivity contribution in [3.63, 3.8) is 0 Å². The highest BCUT2D eigenvalue weighted by molar-refractivity contribution is 5.77. The van der Waals surface area contributed by atoms with Gasteiger partial charge in [0.15, 0.2) is 0 Å². The van der Waals surface area contributed by atoms with Crippen LogP contribution in [-0.2, 0) is 12.0 Å². The van der Waals surface area contributed by atoms with E-state index in [9.17, 15) is 0 Å². The topological polar surface area (TPSA) is 43.8 Å². The zero-order chi connectivity index (χ0) is 15.1. The lowest BCUT2D eigenvalue weighted by Crippen LogP contribution is -2.51. The smallest absolute Gasteiger partial charge is 0.117 e. The number of rotatable bonds is 4. The average Bonchev–Trinajstić information content (AvgIpc) is 2.67. The second kappa shape index (κ2) is 4.88. The number of hydrogen-bond donors (Lipinski definition) is 1. The van der Waals surface area contributed by atoms with Crippen LogP contribution < -0.4 is 5.73 Å². The molecule has 0 amide bonds. The number of imidazole rings is 1. The fourth-order valence-electron chi connectivity index (χ4n) is 2.46. The van der Waals surface area contributed by atoms with Crippen LogP contribution in [-0.4, -0.2) is 15.1 Å². The van der Waals surface area contributed by atoms with Crippen LogP contribution in [0.4, 0.5) is 0 Å². The van der Waals surface area contributed by atoms with Gasteiger partial charge < -0.3 is 10.3 Å². The van der Waals surface area contributed by atoms with Crippen molar-refractivity contribution < 1.29 is 0 Å². The van der Waals surface area contributed by atoms with Gasteiger partial charge in [-0.05, 0) is 44.9 Å². The predicted molar refractivity (Wildman–Crippen MR) is 86.1 cm³/mol. The lowest BCUT2D eigenvalue weighted by molar-refractivity contribution is 0.282. The van der Waals surface area contributed by atoms with Gasteiger partial charge in [0.2, 0.25) is 0 Å². The first-order chi connectivity index (χ1) is 9.18. The molecule has 0 bridgehead atoms. The van der Waals surface area contributed by atoms with Gasteiger partial charge in [0.25, 0.3) is 0 Å². The molecule has 0 saturated carbocycles. The third kappa shape index (κ3) is 2.35. The summed E-state index contributed by atoms with van der Waals surface area (Å²) < 4.78 is 2.34. The first kappa shape index (κ1) is 15.0. The molecule has 0 saturated heterocycles. The molecule has 0 radical (unpaired) electrons. The van der Waals surface area contributed by atoms with Crippen LogP contribution in [0, 0.1) is 6.92 Å². The van der Waals surface area contributed by atoms with E-state index in [-0.39, 0.29) is 11.0 Å². The Hall–Kier alpha value is -1.35. The van der Waals surface area contributed by atoms with Crippen molar-refractivity contribution in [3.8, 4) is 0 Å². The van der Waals surface area contributed by atoms with Gasteiger partial charge >= 0.3 is 0 Å². The van der Waals surface area contributed by atoms with E-state index in [1.807, 2.05) is 0 Å². The Kier molecular flexibility index (Phi) is 3.67. The van der Waals surface area contributed by atoms with Crippen molar-refractivity contribution in [3.05, 3.63) is 29.6 Å². The number of hydrogen-bond acceptors (Lipinski definition) is 2. The van der Waals surface area contributed by atoms with Gasteiger partial charge in [-0.15, -0.1) is 0 Å². The molecule has 0 atom stereocenters. The van der Waals surface area contributed by atoms with Crippen molar-refractivity contribution in [1.82, 2.24) is 9.55 Å². The van der Waals surface area contributed by atoms with Crippen LogP contribution in [0.15, 0.2) is 18.2 Å². The van der Waals surface area contributed by atoms with Crippen LogP contribution in [0.2, 0.25) is 0 Å². The zero-order valence-electron chi connectivity index (χ0n) is 13.6. The summed E-state index contributed by atoms with van der Waals surface area (Å²) in [5, 5.41) is 0. The second-order valence-electron chi connectivity index (χ2n) is 6.93. The lowest BCUT2D eigenvalue weighted by Gasteiger charge is -2.38. The van der Waals surface area contributed by atoms with Crippen LogP contribution in [0.25, 0.3) is 11.0 Å². The number of fused-ring (bicyclic) bond motifs is 1. The summed E-state index contributed by atoms with van der Waals surface area (Å²) in [6, 6.07) is 6.49. The molecule has 3 heteroatoms. The molecule has 0 spiro atoms. The minimum Gasteiger partial charge on any atom is -0.327 e. The Morgan fingerprint density at radius 3 is 2.40 bits per heavy atom. The van der Waals surface area contributed by atoms with Gasteiger partial charge in [0.1, 0.15) is 5.82 Å². The van der Waals surface area contributed by atoms with Crippen molar-refractivity contribution in [2.24, 2.45) is 5.73 Å². The average molecular weight is 273 g/mol. The largest absolute Gasteiger partial charge is 0.327 e. The summed E-state index contributed by atoms with van der Waals surface area (Å²) in [6.45, 7) is 13.8. The van der Waals surface area contributed by atoms with Gasteiger partial charge in [-0.3, -0.25) is 0 Å². The van der Waals surface area contributed by atoms with E-state index in [1.54, 1.807) is 0 Å². The molecule has 3 nitrogen and oxygen atoms in total. The Morgan fingerprint density at radius 1 is 1.20 bits per heavy atom. The van der Waals surface area contributed by atoms with Crippen LogP contribution in [0.3, 0.4) is 0 Å². The fraction of sp³-hybridized carbons (Fsp3) is 0.588. The fourth-order valence-corrected chi connectivity index (χ4v) is 2.46. The summed E-state index contributed by atoms with van der Waals surface area (Å²) >= 11 is 0. The molecule has 1 aromatic heterocycles. The van der Waals surface area contributed by atoms with Crippen molar-refractivity contribution in [1.29, 1.82) is 0 Å². The van der Waals surface area contributed by atoms with Crippen molar-refractivity contribution in [2.45, 2.75) is 65.5 Å². The van der Waals surface area contributed by atoms with Gasteiger partial charge in [-0.2, -0.15) is 0 Å². The van der Waals surface area contributed by atoms with E-state index >= 15 is 0 Å². The van der Waals surface area contributed by atoms with E-state index in [1.165, 1.54) is 11.1 Å².